The lowest BCUT2D eigenvalue weighted by Gasteiger charge is -2.23. The second kappa shape index (κ2) is 3.35. The minimum absolute atomic E-state index is 0.858. The molecule has 0 aliphatic heterocycles. The lowest BCUT2D eigenvalue weighted by molar-refractivity contribution is 0.486. The molecule has 1 heteroatoms. The average molecular weight is 176 g/mol. The molecule has 0 spiro atoms. The van der Waals surface area contributed by atoms with E-state index in [0.717, 1.165) is 10.1 Å². The molecule has 1 rings (SSSR count). The van der Waals surface area contributed by atoms with Crippen molar-refractivity contribution < 1.29 is 0 Å². The van der Waals surface area contributed by atoms with Gasteiger partial charge in [-0.25, -0.2) is 0 Å². The number of benzene rings is 1. The topological polar surface area (TPSA) is 0 Å². The molecule has 1 aromatic rings. The first kappa shape index (κ1) is 10.0. The minimum Gasteiger partial charge on any atom is -0.298 e. The van der Waals surface area contributed by atoms with Gasteiger partial charge < -0.3 is 0 Å². The summed E-state index contributed by atoms with van der Waals surface area (Å²) in [7, 11) is 6.49. The van der Waals surface area contributed by atoms with Gasteiger partial charge in [-0.1, -0.05) is 12.2 Å². The van der Waals surface area contributed by atoms with Gasteiger partial charge in [0.15, 0.2) is 0 Å². The van der Waals surface area contributed by atoms with Crippen molar-refractivity contribution in [2.24, 2.45) is 0 Å². The Morgan fingerprint density at radius 3 is 1.85 bits per heavy atom. The van der Waals surface area contributed by atoms with E-state index in [9.17, 15) is 0 Å². The van der Waals surface area contributed by atoms with Gasteiger partial charge in [-0.2, -0.15) is 0 Å². The first-order chi connectivity index (χ1) is 5.91. The van der Waals surface area contributed by atoms with Crippen molar-refractivity contribution in [3.05, 3.63) is 36.4 Å². The van der Waals surface area contributed by atoms with E-state index >= 15 is 0 Å². The fourth-order valence-corrected chi connectivity index (χ4v) is 1.19. The van der Waals surface area contributed by atoms with Crippen molar-refractivity contribution >= 4 is 11.3 Å². The van der Waals surface area contributed by atoms with Crippen LogP contribution in [0.5, 0.6) is 0 Å². The molecule has 0 amide bonds. The first-order valence-corrected chi connectivity index (χ1v) is 4.49. The highest BCUT2D eigenvalue weighted by Crippen LogP contribution is 2.20. The van der Waals surface area contributed by atoms with Crippen LogP contribution in [0.15, 0.2) is 30.8 Å². The Morgan fingerprint density at radius 1 is 1.08 bits per heavy atom. The third-order valence-electron chi connectivity index (χ3n) is 2.13. The molecule has 1 aromatic carbocycles. The molecule has 1 nitrogen and oxygen atoms in total. The Morgan fingerprint density at radius 2 is 1.54 bits per heavy atom. The third kappa shape index (κ3) is 2.43. The van der Waals surface area contributed by atoms with Crippen molar-refractivity contribution in [2.75, 3.05) is 21.1 Å². The Balaban J connectivity index is 3.01. The van der Waals surface area contributed by atoms with Crippen LogP contribution >= 0.6 is 0 Å². The Bertz CT molecular complexity index is 301. The molecular weight excluding hydrogens is 158 g/mol. The highest BCUT2D eigenvalue weighted by atomic mass is 15.3. The van der Waals surface area contributed by atoms with E-state index in [1.807, 2.05) is 6.92 Å². The van der Waals surface area contributed by atoms with Crippen LogP contribution in [0, 0.1) is 0 Å². The average Bonchev–Trinajstić information content (AvgIpc) is 2.03. The number of rotatable bonds is 2. The van der Waals surface area contributed by atoms with Crippen LogP contribution in [0.3, 0.4) is 0 Å². The fraction of sp³-hybridized carbons (Fsp3) is 0.333. The quantitative estimate of drug-likeness (QED) is 0.608. The molecule has 0 bridgehead atoms. The molecule has 13 heavy (non-hydrogen) atoms. The van der Waals surface area contributed by atoms with Gasteiger partial charge in [-0.15, -0.1) is 0 Å². The summed E-state index contributed by atoms with van der Waals surface area (Å²) in [6, 6.07) is 8.57. The molecule has 0 heterocycles. The predicted molar refractivity (Wildman–Crippen MR) is 60.7 cm³/mol. The fourth-order valence-electron chi connectivity index (χ4n) is 1.19. The summed E-state index contributed by atoms with van der Waals surface area (Å²) in [5.74, 6) is 0. The molecule has 0 N–H and O–H groups in total. The smallest absolute Gasteiger partial charge is 0.132 e. The van der Waals surface area contributed by atoms with Gasteiger partial charge in [-0.05, 0) is 36.8 Å². The molecule has 0 fully saturated rings. The molecule has 0 aliphatic carbocycles. The largest absolute Gasteiger partial charge is 0.298 e. The van der Waals surface area contributed by atoms with Crippen molar-refractivity contribution in [3.63, 3.8) is 0 Å². The summed E-state index contributed by atoms with van der Waals surface area (Å²) in [6.45, 7) is 5.94. The standard InChI is InChI=1S/C12H18N/c1-10(2)11-6-8-12(9-7-11)13(3,4)5/h6-9H,1H2,2-5H3/q+1. The molecule has 0 aliphatic rings. The van der Waals surface area contributed by atoms with Crippen molar-refractivity contribution in [1.29, 1.82) is 0 Å². The molecule has 0 unspecified atom stereocenters. The van der Waals surface area contributed by atoms with Crippen LogP contribution in [0.25, 0.3) is 5.57 Å². The highest BCUT2D eigenvalue weighted by molar-refractivity contribution is 5.63. The van der Waals surface area contributed by atoms with Gasteiger partial charge in [0, 0.05) is 0 Å². The molecular formula is C12H18N+. The Labute approximate surface area is 80.9 Å². The second-order valence-corrected chi connectivity index (χ2v) is 4.34. The van der Waals surface area contributed by atoms with E-state index in [2.05, 4.69) is 52.0 Å². The number of hydrogen-bond acceptors (Lipinski definition) is 0. The van der Waals surface area contributed by atoms with Gasteiger partial charge in [0.1, 0.15) is 5.69 Å². The highest BCUT2D eigenvalue weighted by Gasteiger charge is 2.10. The molecule has 0 atom stereocenters. The zero-order valence-electron chi connectivity index (χ0n) is 8.96. The predicted octanol–water partition coefficient (Wildman–Crippen LogP) is 2.92. The molecule has 0 aromatic heterocycles. The van der Waals surface area contributed by atoms with Crippen LogP contribution < -0.4 is 4.48 Å². The summed E-state index contributed by atoms with van der Waals surface area (Å²) in [5, 5.41) is 0. The Hall–Kier alpha value is -1.08. The lowest BCUT2D eigenvalue weighted by Crippen LogP contribution is -2.34. The zero-order valence-corrected chi connectivity index (χ0v) is 8.96. The second-order valence-electron chi connectivity index (χ2n) is 4.34. The first-order valence-electron chi connectivity index (χ1n) is 4.49. The van der Waals surface area contributed by atoms with Crippen LogP contribution in [0.2, 0.25) is 0 Å². The molecule has 0 radical (unpaired) electrons. The van der Waals surface area contributed by atoms with E-state index in [4.69, 9.17) is 0 Å². The zero-order chi connectivity index (χ0) is 10.1. The maximum atomic E-state index is 3.91. The van der Waals surface area contributed by atoms with Crippen LogP contribution in [-0.4, -0.2) is 21.1 Å². The van der Waals surface area contributed by atoms with Crippen molar-refractivity contribution in [3.8, 4) is 0 Å². The summed E-state index contributed by atoms with van der Waals surface area (Å²) in [5.41, 5.74) is 3.65. The van der Waals surface area contributed by atoms with E-state index in [1.54, 1.807) is 0 Å². The van der Waals surface area contributed by atoms with Gasteiger partial charge in [-0.3, -0.25) is 4.48 Å². The SMILES string of the molecule is C=C(C)c1ccc([N+](C)(C)C)cc1. The number of allylic oxidation sites excluding steroid dienone is 1. The van der Waals surface area contributed by atoms with Crippen molar-refractivity contribution in [1.82, 2.24) is 4.48 Å². The number of hydrogen-bond donors (Lipinski definition) is 0. The van der Waals surface area contributed by atoms with Gasteiger partial charge >= 0.3 is 0 Å². The van der Waals surface area contributed by atoms with Gasteiger partial charge in [0.05, 0.1) is 21.1 Å². The maximum absolute atomic E-state index is 3.91. The van der Waals surface area contributed by atoms with E-state index in [1.165, 1.54) is 11.3 Å². The van der Waals surface area contributed by atoms with Crippen LogP contribution in [0.1, 0.15) is 12.5 Å². The molecule has 0 saturated heterocycles. The lowest BCUT2D eigenvalue weighted by atomic mass is 10.1. The van der Waals surface area contributed by atoms with E-state index in [0.29, 0.717) is 0 Å². The van der Waals surface area contributed by atoms with Crippen LogP contribution in [0.4, 0.5) is 5.69 Å². The maximum Gasteiger partial charge on any atom is 0.132 e. The van der Waals surface area contributed by atoms with E-state index in [-0.39, 0.29) is 0 Å². The molecule has 70 valence electrons. The Kier molecular flexibility index (Phi) is 2.58. The number of quaternary nitrogens is 1. The third-order valence-corrected chi connectivity index (χ3v) is 2.13. The summed E-state index contributed by atoms with van der Waals surface area (Å²) in [6.07, 6.45) is 0. The minimum atomic E-state index is 0.858. The number of nitrogens with zero attached hydrogens (tertiary/aromatic N) is 1. The summed E-state index contributed by atoms with van der Waals surface area (Å²) >= 11 is 0. The molecule has 0 saturated carbocycles. The summed E-state index contributed by atoms with van der Waals surface area (Å²) < 4.78 is 0.858. The van der Waals surface area contributed by atoms with Gasteiger partial charge in [0.2, 0.25) is 0 Å². The van der Waals surface area contributed by atoms with Crippen LogP contribution in [-0.2, 0) is 0 Å². The van der Waals surface area contributed by atoms with Gasteiger partial charge in [0.25, 0.3) is 0 Å². The summed E-state index contributed by atoms with van der Waals surface area (Å²) in [4.78, 5) is 0. The van der Waals surface area contributed by atoms with Crippen molar-refractivity contribution in [2.45, 2.75) is 6.92 Å². The van der Waals surface area contributed by atoms with E-state index < -0.39 is 0 Å². The monoisotopic (exact) mass is 176 g/mol. The normalized spacial score (nSPS) is 11.4.